The lowest BCUT2D eigenvalue weighted by atomic mass is 10.2. The van der Waals surface area contributed by atoms with Crippen LogP contribution in [0.15, 0.2) is 41.6 Å². The molecule has 0 aliphatic heterocycles. The molecule has 0 atom stereocenters. The van der Waals surface area contributed by atoms with Crippen molar-refractivity contribution in [1.82, 2.24) is 19.9 Å². The van der Waals surface area contributed by atoms with Crippen molar-refractivity contribution < 1.29 is 0 Å². The van der Waals surface area contributed by atoms with Crippen LogP contribution in [-0.4, -0.2) is 25.7 Å². The Balaban J connectivity index is 1.98. The maximum absolute atomic E-state index is 4.42. The van der Waals surface area contributed by atoms with Crippen LogP contribution in [0.4, 0.5) is 0 Å². The van der Waals surface area contributed by atoms with Crippen LogP contribution in [0.1, 0.15) is 6.92 Å². The largest absolute Gasteiger partial charge is 0.321 e. The minimum Gasteiger partial charge on any atom is -0.321 e. The van der Waals surface area contributed by atoms with E-state index < -0.39 is 0 Å². The fraction of sp³-hybridized carbons (Fsp3) is 0.154. The van der Waals surface area contributed by atoms with E-state index in [1.807, 2.05) is 11.8 Å². The van der Waals surface area contributed by atoms with Gasteiger partial charge in [-0.2, -0.15) is 0 Å². The van der Waals surface area contributed by atoms with Gasteiger partial charge in [0.05, 0.1) is 0 Å². The van der Waals surface area contributed by atoms with Gasteiger partial charge in [-0.05, 0) is 17.9 Å². The van der Waals surface area contributed by atoms with Gasteiger partial charge in [0.15, 0.2) is 11.3 Å². The van der Waals surface area contributed by atoms with Gasteiger partial charge in [-0.3, -0.25) is 0 Å². The highest BCUT2D eigenvalue weighted by atomic mass is 32.2. The highest BCUT2D eigenvalue weighted by molar-refractivity contribution is 7.99. The minimum absolute atomic E-state index is 0.652. The quantitative estimate of drug-likeness (QED) is 0.731. The molecule has 3 rings (SSSR count). The van der Waals surface area contributed by atoms with Gasteiger partial charge in [-0.25, -0.2) is 15.0 Å². The molecule has 18 heavy (non-hydrogen) atoms. The summed E-state index contributed by atoms with van der Waals surface area (Å²) in [7, 11) is 0. The number of benzene rings is 1. The van der Waals surface area contributed by atoms with E-state index in [-0.39, 0.29) is 0 Å². The number of H-pyrrole nitrogens is 1. The fourth-order valence-corrected chi connectivity index (χ4v) is 2.42. The summed E-state index contributed by atoms with van der Waals surface area (Å²) in [6.45, 7) is 2.15. The third-order valence-electron chi connectivity index (χ3n) is 2.57. The van der Waals surface area contributed by atoms with Crippen molar-refractivity contribution in [3.63, 3.8) is 0 Å². The number of nitrogens with zero attached hydrogens (tertiary/aromatic N) is 3. The molecule has 0 amide bonds. The number of thioether (sulfide) groups is 1. The average Bonchev–Trinajstić information content (AvgIpc) is 2.84. The first-order chi connectivity index (χ1) is 8.86. The molecule has 0 spiro atoms. The molecule has 1 aromatic carbocycles. The fourth-order valence-electron chi connectivity index (χ4n) is 1.76. The molecule has 4 nitrogen and oxygen atoms in total. The molecule has 0 aliphatic rings. The molecule has 0 bridgehead atoms. The average molecular weight is 256 g/mol. The second-order valence-electron chi connectivity index (χ2n) is 3.77. The molecule has 0 aliphatic carbocycles. The maximum atomic E-state index is 4.42. The van der Waals surface area contributed by atoms with E-state index in [0.717, 1.165) is 22.8 Å². The smallest absolute Gasteiger partial charge is 0.197 e. The summed E-state index contributed by atoms with van der Waals surface area (Å²) in [5.74, 6) is 1.89. The SMILES string of the molecule is CCSc1ccc(-c2nc3nccnc3[nH]2)cc1. The van der Waals surface area contributed by atoms with Crippen molar-refractivity contribution >= 4 is 23.1 Å². The third-order valence-corrected chi connectivity index (χ3v) is 3.47. The van der Waals surface area contributed by atoms with Gasteiger partial charge in [-0.1, -0.05) is 19.1 Å². The summed E-state index contributed by atoms with van der Waals surface area (Å²) in [5, 5.41) is 0. The monoisotopic (exact) mass is 256 g/mol. The molecule has 0 saturated heterocycles. The maximum Gasteiger partial charge on any atom is 0.197 e. The Morgan fingerprint density at radius 1 is 1.11 bits per heavy atom. The first kappa shape index (κ1) is 11.2. The van der Waals surface area contributed by atoms with Crippen LogP contribution in [-0.2, 0) is 0 Å². The number of hydrogen-bond donors (Lipinski definition) is 1. The number of aromatic amines is 1. The van der Waals surface area contributed by atoms with Gasteiger partial charge in [0.1, 0.15) is 5.82 Å². The van der Waals surface area contributed by atoms with Crippen molar-refractivity contribution in [1.29, 1.82) is 0 Å². The Labute approximate surface area is 109 Å². The van der Waals surface area contributed by atoms with Crippen molar-refractivity contribution in [2.24, 2.45) is 0 Å². The number of rotatable bonds is 3. The van der Waals surface area contributed by atoms with Crippen molar-refractivity contribution in [3.8, 4) is 11.4 Å². The van der Waals surface area contributed by atoms with Crippen LogP contribution >= 0.6 is 11.8 Å². The Bertz CT molecular complexity index is 627. The zero-order chi connectivity index (χ0) is 12.4. The summed E-state index contributed by atoms with van der Waals surface area (Å²) in [4.78, 5) is 17.2. The van der Waals surface area contributed by atoms with Gasteiger partial charge in [0.2, 0.25) is 0 Å². The topological polar surface area (TPSA) is 54.5 Å². The van der Waals surface area contributed by atoms with Gasteiger partial charge in [0, 0.05) is 22.9 Å². The summed E-state index contributed by atoms with van der Waals surface area (Å²) in [5.41, 5.74) is 2.43. The van der Waals surface area contributed by atoms with E-state index in [0.29, 0.717) is 5.65 Å². The van der Waals surface area contributed by atoms with Crippen LogP contribution < -0.4 is 0 Å². The van der Waals surface area contributed by atoms with Gasteiger partial charge in [-0.15, -0.1) is 11.8 Å². The third kappa shape index (κ3) is 2.09. The standard InChI is InChI=1S/C13H12N4S/c1-2-18-10-5-3-9(4-6-10)11-16-12-13(17-11)15-8-7-14-12/h3-8H,2H2,1H3,(H,14,15,16,17). The molecule has 1 N–H and O–H groups in total. The highest BCUT2D eigenvalue weighted by Gasteiger charge is 2.06. The van der Waals surface area contributed by atoms with Gasteiger partial charge < -0.3 is 4.98 Å². The number of fused-ring (bicyclic) bond motifs is 1. The predicted molar refractivity (Wildman–Crippen MR) is 73.5 cm³/mol. The molecule has 0 unspecified atom stereocenters. The normalized spacial score (nSPS) is 10.9. The number of imidazole rings is 1. The molecular formula is C13H12N4S. The molecule has 2 aromatic heterocycles. The van der Waals surface area contributed by atoms with Crippen LogP contribution in [0.25, 0.3) is 22.7 Å². The van der Waals surface area contributed by atoms with Crippen molar-refractivity contribution in [2.45, 2.75) is 11.8 Å². The summed E-state index contributed by atoms with van der Waals surface area (Å²) in [6.07, 6.45) is 3.30. The van der Waals surface area contributed by atoms with Crippen LogP contribution in [0.3, 0.4) is 0 Å². The first-order valence-corrected chi connectivity index (χ1v) is 6.75. The summed E-state index contributed by atoms with van der Waals surface area (Å²) in [6, 6.07) is 8.35. The second kappa shape index (κ2) is 4.78. The van der Waals surface area contributed by atoms with E-state index in [9.17, 15) is 0 Å². The van der Waals surface area contributed by atoms with Crippen LogP contribution in [0.5, 0.6) is 0 Å². The Morgan fingerprint density at radius 3 is 2.61 bits per heavy atom. The van der Waals surface area contributed by atoms with Crippen LogP contribution in [0.2, 0.25) is 0 Å². The molecule has 2 heterocycles. The lowest BCUT2D eigenvalue weighted by molar-refractivity contribution is 1.26. The molecule has 3 aromatic rings. The second-order valence-corrected chi connectivity index (χ2v) is 5.11. The van der Waals surface area contributed by atoms with Crippen molar-refractivity contribution in [2.75, 3.05) is 5.75 Å². The Kier molecular flexibility index (Phi) is 2.98. The van der Waals surface area contributed by atoms with Gasteiger partial charge in [0.25, 0.3) is 0 Å². The molecular weight excluding hydrogens is 244 g/mol. The van der Waals surface area contributed by atoms with E-state index in [1.54, 1.807) is 12.4 Å². The van der Waals surface area contributed by atoms with Gasteiger partial charge >= 0.3 is 0 Å². The number of aromatic nitrogens is 4. The summed E-state index contributed by atoms with van der Waals surface area (Å²) < 4.78 is 0. The van der Waals surface area contributed by atoms with E-state index in [2.05, 4.69) is 51.1 Å². The molecule has 5 heteroatoms. The zero-order valence-corrected chi connectivity index (χ0v) is 10.7. The summed E-state index contributed by atoms with van der Waals surface area (Å²) >= 11 is 1.83. The highest BCUT2D eigenvalue weighted by Crippen LogP contribution is 2.23. The molecule has 0 radical (unpaired) electrons. The zero-order valence-electron chi connectivity index (χ0n) is 9.92. The molecule has 0 fully saturated rings. The van der Waals surface area contributed by atoms with E-state index in [1.165, 1.54) is 4.90 Å². The molecule has 0 saturated carbocycles. The minimum atomic E-state index is 0.652. The Hall–Kier alpha value is -1.88. The van der Waals surface area contributed by atoms with E-state index in [4.69, 9.17) is 0 Å². The molecule has 90 valence electrons. The van der Waals surface area contributed by atoms with E-state index >= 15 is 0 Å². The lowest BCUT2D eigenvalue weighted by Crippen LogP contribution is -1.80. The number of hydrogen-bond acceptors (Lipinski definition) is 4. The van der Waals surface area contributed by atoms with Crippen molar-refractivity contribution in [3.05, 3.63) is 36.7 Å². The number of nitrogens with one attached hydrogen (secondary N) is 1. The van der Waals surface area contributed by atoms with Crippen LogP contribution in [0, 0.1) is 0 Å². The predicted octanol–water partition coefficient (Wildman–Crippen LogP) is 3.13. The first-order valence-electron chi connectivity index (χ1n) is 5.77. The lowest BCUT2D eigenvalue weighted by Gasteiger charge is -1.99. The Morgan fingerprint density at radius 2 is 1.89 bits per heavy atom.